The highest BCUT2D eigenvalue weighted by Gasteiger charge is 2.36. The number of carbonyl (C=O) groups is 1. The second kappa shape index (κ2) is 8.68. The summed E-state index contributed by atoms with van der Waals surface area (Å²) in [4.78, 5) is 39.7. The lowest BCUT2D eigenvalue weighted by Crippen LogP contribution is -2.33. The van der Waals surface area contributed by atoms with E-state index in [2.05, 4.69) is 20.9 Å². The fourth-order valence-electron chi connectivity index (χ4n) is 2.87. The maximum Gasteiger partial charge on any atom is 0.338 e. The van der Waals surface area contributed by atoms with E-state index in [4.69, 9.17) is 9.47 Å². The van der Waals surface area contributed by atoms with Crippen LogP contribution in [0.1, 0.15) is 34.1 Å². The van der Waals surface area contributed by atoms with Crippen LogP contribution in [-0.2, 0) is 9.47 Å². The Morgan fingerprint density at radius 2 is 2.11 bits per heavy atom. The lowest BCUT2D eigenvalue weighted by molar-refractivity contribution is -0.0532. The molecular formula is C19H19BrN2O6. The maximum atomic E-state index is 12.1. The SMILES string of the molecule is Cc1ccc(C(=O)OC[C@H]2O[C@@H](n3cc(/C=C/Br)c(=O)[nH]c3=O)C[C@@H]2O)cc1. The molecule has 2 aromatic rings. The van der Waals surface area contributed by atoms with Gasteiger partial charge in [-0.15, -0.1) is 0 Å². The number of halogens is 1. The third kappa shape index (κ3) is 4.49. The smallest absolute Gasteiger partial charge is 0.338 e. The highest BCUT2D eigenvalue weighted by Crippen LogP contribution is 2.28. The molecule has 1 aromatic carbocycles. The number of hydrogen-bond acceptors (Lipinski definition) is 6. The first-order valence-corrected chi connectivity index (χ1v) is 9.50. The van der Waals surface area contributed by atoms with Crippen molar-refractivity contribution >= 4 is 28.0 Å². The van der Waals surface area contributed by atoms with Gasteiger partial charge in [0, 0.05) is 12.6 Å². The summed E-state index contributed by atoms with van der Waals surface area (Å²) in [6.07, 6.45) is 0.469. The Hall–Kier alpha value is -2.49. The number of H-pyrrole nitrogens is 1. The number of aliphatic hydroxyl groups excluding tert-OH is 1. The number of aromatic nitrogens is 2. The van der Waals surface area contributed by atoms with Gasteiger partial charge in [0.2, 0.25) is 0 Å². The zero-order valence-corrected chi connectivity index (χ0v) is 16.6. The molecule has 3 rings (SSSR count). The Morgan fingerprint density at radius 3 is 2.79 bits per heavy atom. The van der Waals surface area contributed by atoms with E-state index in [1.54, 1.807) is 24.3 Å². The van der Waals surface area contributed by atoms with Crippen molar-refractivity contribution in [2.75, 3.05) is 6.61 Å². The minimum Gasteiger partial charge on any atom is -0.459 e. The Labute approximate surface area is 168 Å². The summed E-state index contributed by atoms with van der Waals surface area (Å²) in [5, 5.41) is 10.2. The standard InChI is InChI=1S/C19H19BrN2O6/c1-11-2-4-12(5-3-11)18(25)27-10-15-14(23)8-16(28-15)22-9-13(6-7-20)17(24)21-19(22)26/h2-7,9,14-16,23H,8,10H2,1H3,(H,21,24,26)/b7-6+/t14-,15+,16+/m0/s1. The molecule has 0 bridgehead atoms. The Morgan fingerprint density at radius 1 is 1.39 bits per heavy atom. The van der Waals surface area contributed by atoms with E-state index < -0.39 is 35.7 Å². The number of benzene rings is 1. The van der Waals surface area contributed by atoms with E-state index >= 15 is 0 Å². The molecule has 1 saturated heterocycles. The quantitative estimate of drug-likeness (QED) is 0.670. The molecule has 0 radical (unpaired) electrons. The van der Waals surface area contributed by atoms with Crippen LogP contribution in [0.15, 0.2) is 45.0 Å². The summed E-state index contributed by atoms with van der Waals surface area (Å²) in [6.45, 7) is 1.76. The molecule has 0 saturated carbocycles. The molecule has 148 valence electrons. The number of esters is 1. The van der Waals surface area contributed by atoms with Gasteiger partial charge in [-0.2, -0.15) is 0 Å². The largest absolute Gasteiger partial charge is 0.459 e. The molecule has 3 atom stereocenters. The molecule has 2 heterocycles. The van der Waals surface area contributed by atoms with Crippen LogP contribution in [-0.4, -0.2) is 39.4 Å². The molecule has 1 fully saturated rings. The summed E-state index contributed by atoms with van der Waals surface area (Å²) in [6, 6.07) is 6.92. The Balaban J connectivity index is 1.68. The molecule has 0 amide bonds. The molecule has 1 aromatic heterocycles. The van der Waals surface area contributed by atoms with Crippen molar-refractivity contribution in [1.82, 2.24) is 9.55 Å². The number of rotatable bonds is 5. The van der Waals surface area contributed by atoms with Crippen molar-refractivity contribution in [2.24, 2.45) is 0 Å². The molecule has 28 heavy (non-hydrogen) atoms. The summed E-state index contributed by atoms with van der Waals surface area (Å²) >= 11 is 3.08. The first kappa shape index (κ1) is 20.2. The molecule has 1 aliphatic rings. The highest BCUT2D eigenvalue weighted by atomic mass is 79.9. The summed E-state index contributed by atoms with van der Waals surface area (Å²) < 4.78 is 12.1. The lowest BCUT2D eigenvalue weighted by Gasteiger charge is -2.16. The average molecular weight is 451 g/mol. The van der Waals surface area contributed by atoms with Gasteiger partial charge in [0.15, 0.2) is 0 Å². The van der Waals surface area contributed by atoms with E-state index in [1.807, 2.05) is 6.92 Å². The number of aryl methyl sites for hydroxylation is 1. The number of ether oxygens (including phenoxy) is 2. The molecule has 0 spiro atoms. The minimum absolute atomic E-state index is 0.121. The van der Waals surface area contributed by atoms with Gasteiger partial charge in [-0.25, -0.2) is 9.59 Å². The molecule has 1 aliphatic heterocycles. The zero-order valence-electron chi connectivity index (χ0n) is 15.0. The fourth-order valence-corrected chi connectivity index (χ4v) is 3.15. The van der Waals surface area contributed by atoms with E-state index in [0.29, 0.717) is 5.56 Å². The Bertz CT molecular complexity index is 995. The van der Waals surface area contributed by atoms with Crippen molar-refractivity contribution in [3.63, 3.8) is 0 Å². The lowest BCUT2D eigenvalue weighted by atomic mass is 10.1. The second-order valence-electron chi connectivity index (χ2n) is 6.44. The van der Waals surface area contributed by atoms with Crippen LogP contribution in [0.25, 0.3) is 6.08 Å². The van der Waals surface area contributed by atoms with Gasteiger partial charge in [-0.3, -0.25) is 14.3 Å². The molecule has 9 heteroatoms. The molecule has 0 aliphatic carbocycles. The zero-order chi connectivity index (χ0) is 20.3. The number of nitrogens with one attached hydrogen (secondary N) is 1. The van der Waals surface area contributed by atoms with Crippen molar-refractivity contribution in [2.45, 2.75) is 31.8 Å². The number of nitrogens with zero attached hydrogens (tertiary/aromatic N) is 1. The highest BCUT2D eigenvalue weighted by molar-refractivity contribution is 9.11. The van der Waals surface area contributed by atoms with Crippen LogP contribution in [0, 0.1) is 6.92 Å². The van der Waals surface area contributed by atoms with Crippen LogP contribution in [0.2, 0.25) is 0 Å². The van der Waals surface area contributed by atoms with Crippen molar-refractivity contribution in [1.29, 1.82) is 0 Å². The van der Waals surface area contributed by atoms with Gasteiger partial charge in [0.05, 0.1) is 17.2 Å². The summed E-state index contributed by atoms with van der Waals surface area (Å²) in [7, 11) is 0. The Kier molecular flexibility index (Phi) is 6.28. The van der Waals surface area contributed by atoms with Crippen LogP contribution in [0.4, 0.5) is 0 Å². The first-order valence-electron chi connectivity index (χ1n) is 8.58. The second-order valence-corrected chi connectivity index (χ2v) is 6.97. The van der Waals surface area contributed by atoms with Crippen molar-refractivity contribution in [3.05, 3.63) is 73.0 Å². The van der Waals surface area contributed by atoms with Crippen LogP contribution in [0.3, 0.4) is 0 Å². The summed E-state index contributed by atoms with van der Waals surface area (Å²) in [5.74, 6) is -0.523. The maximum absolute atomic E-state index is 12.1. The van der Waals surface area contributed by atoms with Crippen LogP contribution >= 0.6 is 15.9 Å². The van der Waals surface area contributed by atoms with Crippen molar-refractivity contribution < 1.29 is 19.4 Å². The number of aliphatic hydroxyl groups is 1. The first-order chi connectivity index (χ1) is 13.4. The van der Waals surface area contributed by atoms with E-state index in [0.717, 1.165) is 5.56 Å². The molecule has 0 unspecified atom stereocenters. The molecule has 8 nitrogen and oxygen atoms in total. The normalized spacial score (nSPS) is 21.9. The van der Waals surface area contributed by atoms with Gasteiger partial charge in [0.25, 0.3) is 5.56 Å². The third-order valence-corrected chi connectivity index (χ3v) is 4.68. The molecular weight excluding hydrogens is 432 g/mol. The number of aromatic amines is 1. The monoisotopic (exact) mass is 450 g/mol. The minimum atomic E-state index is -0.926. The topological polar surface area (TPSA) is 111 Å². The van der Waals surface area contributed by atoms with Crippen molar-refractivity contribution in [3.8, 4) is 0 Å². The van der Waals surface area contributed by atoms with E-state index in [1.165, 1.54) is 21.8 Å². The average Bonchev–Trinajstić information content (AvgIpc) is 3.03. The fraction of sp³-hybridized carbons (Fsp3) is 0.316. The van der Waals surface area contributed by atoms with Gasteiger partial charge in [-0.1, -0.05) is 33.6 Å². The van der Waals surface area contributed by atoms with Crippen LogP contribution < -0.4 is 11.2 Å². The number of carbonyl (C=O) groups excluding carboxylic acids is 1. The van der Waals surface area contributed by atoms with Gasteiger partial charge < -0.3 is 14.6 Å². The van der Waals surface area contributed by atoms with Gasteiger partial charge in [0.1, 0.15) is 18.9 Å². The van der Waals surface area contributed by atoms with Crippen LogP contribution in [0.5, 0.6) is 0 Å². The van der Waals surface area contributed by atoms with Gasteiger partial charge >= 0.3 is 11.7 Å². The van der Waals surface area contributed by atoms with E-state index in [9.17, 15) is 19.5 Å². The van der Waals surface area contributed by atoms with E-state index in [-0.39, 0.29) is 18.6 Å². The number of hydrogen-bond donors (Lipinski definition) is 2. The summed E-state index contributed by atoms with van der Waals surface area (Å²) in [5.41, 5.74) is 0.501. The predicted octanol–water partition coefficient (Wildman–Crippen LogP) is 1.72. The molecule has 2 N–H and O–H groups in total. The van der Waals surface area contributed by atoms with Gasteiger partial charge in [-0.05, 0) is 30.1 Å². The predicted molar refractivity (Wildman–Crippen MR) is 105 cm³/mol. The third-order valence-electron chi connectivity index (χ3n) is 4.42.